The molecule has 0 saturated heterocycles. The van der Waals surface area contributed by atoms with E-state index in [1.165, 1.54) is 22.3 Å². The number of unbranched alkanes of at least 4 members (excludes halogenated alkanes) is 4. The van der Waals surface area contributed by atoms with Crippen LogP contribution < -0.4 is 0 Å². The number of ether oxygens (including phenoxy) is 6. The van der Waals surface area contributed by atoms with Crippen LogP contribution in [0.5, 0.6) is 0 Å². The first-order chi connectivity index (χ1) is 52.7. The van der Waals surface area contributed by atoms with Crippen molar-refractivity contribution in [2.45, 2.75) is 138 Å². The van der Waals surface area contributed by atoms with E-state index in [1.54, 1.807) is 28.4 Å². The second-order valence-corrected chi connectivity index (χ2v) is 30.0. The van der Waals surface area contributed by atoms with Crippen LogP contribution in [0.15, 0.2) is 291 Å². The van der Waals surface area contributed by atoms with Crippen molar-refractivity contribution in [2.24, 2.45) is 0 Å². The highest BCUT2D eigenvalue weighted by Gasteiger charge is 2.58. The summed E-state index contributed by atoms with van der Waals surface area (Å²) in [5.41, 5.74) is 17.6. The van der Waals surface area contributed by atoms with E-state index in [-0.39, 0.29) is 0 Å². The molecule has 8 heteroatoms. The Hall–Kier alpha value is -9.02. The van der Waals surface area contributed by atoms with Crippen LogP contribution in [0.4, 0.5) is 0 Å². The Labute approximate surface area is 652 Å². The molecule has 0 spiro atoms. The van der Waals surface area contributed by atoms with Crippen molar-refractivity contribution in [3.05, 3.63) is 379 Å². The van der Waals surface area contributed by atoms with Gasteiger partial charge in [-0.3, -0.25) is 0 Å². The average Bonchev–Trinajstić information content (AvgIpc) is 0.673. The Bertz CT molecular complexity index is 4400. The average molecular weight is 1470 g/mol. The van der Waals surface area contributed by atoms with Crippen LogP contribution in [0.3, 0.4) is 0 Å². The number of methoxy groups -OCH3 is 6. The predicted octanol–water partition coefficient (Wildman–Crippen LogP) is 25.3. The molecule has 552 valence electrons. The van der Waals surface area contributed by atoms with Gasteiger partial charge in [-0.25, -0.2) is 0 Å². The summed E-state index contributed by atoms with van der Waals surface area (Å²) < 4.78 is 40.9. The maximum atomic E-state index is 7.87. The van der Waals surface area contributed by atoms with E-state index < -0.39 is 33.6 Å². The van der Waals surface area contributed by atoms with Gasteiger partial charge in [0.05, 0.1) is 0 Å². The van der Waals surface area contributed by atoms with E-state index in [1.807, 2.05) is 62.8 Å². The molecule has 0 amide bonds. The summed E-state index contributed by atoms with van der Waals surface area (Å²) >= 11 is 12.7. The second kappa shape index (κ2) is 33.9. The highest BCUT2D eigenvalue weighted by molar-refractivity contribution is 6.31. The zero-order chi connectivity index (χ0) is 75.5. The summed E-state index contributed by atoms with van der Waals surface area (Å²) in [4.78, 5) is 0. The first-order valence-corrected chi connectivity index (χ1v) is 39.4. The third-order valence-electron chi connectivity index (χ3n) is 22.9. The lowest BCUT2D eigenvalue weighted by Gasteiger charge is -2.52. The Balaban J connectivity index is 1.03. The van der Waals surface area contributed by atoms with Crippen LogP contribution in [0, 0.1) is 0 Å². The van der Waals surface area contributed by atoms with Gasteiger partial charge in [0, 0.05) is 75.0 Å². The molecule has 0 heterocycles. The molecule has 10 aromatic carbocycles. The SMILES string of the molecule is CCCCc1ccc(C2=C(c3ccc(CCCC)cc3)C(OC)(c3ccc(-c4ccc(C5(OC)C=CC(OC)(c6ccc(Cl)cc6)C=C5)cc4)cc3)C(c3ccc(CCCC)cc3)=C(c3ccc(CCCC)cc3)C2(OC)c2ccc(-c3ccc(C4(OC)C=CC(OC)(c5ccc(Cl)cc5)C=C4)cc3)cc2)cc1. The summed E-state index contributed by atoms with van der Waals surface area (Å²) in [5, 5.41) is 1.34. The van der Waals surface area contributed by atoms with E-state index in [0.717, 1.165) is 177 Å². The van der Waals surface area contributed by atoms with Crippen molar-refractivity contribution >= 4 is 45.5 Å². The molecule has 3 aliphatic rings. The van der Waals surface area contributed by atoms with Gasteiger partial charge in [-0.05, 0) is 224 Å². The molecule has 0 aliphatic heterocycles. The van der Waals surface area contributed by atoms with E-state index in [9.17, 15) is 0 Å². The maximum Gasteiger partial charge on any atom is 0.145 e. The summed E-state index contributed by atoms with van der Waals surface area (Å²) in [5.74, 6) is 0. The highest BCUT2D eigenvalue weighted by atomic mass is 35.5. The minimum absolute atomic E-state index is 0.672. The van der Waals surface area contributed by atoms with E-state index >= 15 is 0 Å². The van der Waals surface area contributed by atoms with Gasteiger partial charge in [0.15, 0.2) is 0 Å². The van der Waals surface area contributed by atoms with E-state index in [4.69, 9.17) is 51.6 Å². The summed E-state index contributed by atoms with van der Waals surface area (Å²) in [6, 6.07) is 88.9. The van der Waals surface area contributed by atoms with Gasteiger partial charge in [-0.15, -0.1) is 0 Å². The molecule has 0 atom stereocenters. The number of aryl methyl sites for hydroxylation is 4. The van der Waals surface area contributed by atoms with Gasteiger partial charge in [-0.1, -0.05) is 295 Å². The summed E-state index contributed by atoms with van der Waals surface area (Å²) in [6.45, 7) is 9.06. The van der Waals surface area contributed by atoms with Gasteiger partial charge in [0.2, 0.25) is 0 Å². The maximum absolute atomic E-state index is 7.87. The van der Waals surface area contributed by atoms with Crippen LogP contribution in [-0.2, 0) is 87.7 Å². The minimum Gasteiger partial charge on any atom is -0.365 e. The topological polar surface area (TPSA) is 55.4 Å². The number of hydrogen-bond donors (Lipinski definition) is 0. The van der Waals surface area contributed by atoms with Crippen molar-refractivity contribution in [1.82, 2.24) is 0 Å². The fraction of sp³-hybridized carbons (Fsp3) is 0.280. The number of halogens is 2. The third kappa shape index (κ3) is 14.9. The number of benzene rings is 10. The molecule has 0 bridgehead atoms. The zero-order valence-electron chi connectivity index (χ0n) is 64.4. The van der Waals surface area contributed by atoms with Crippen LogP contribution in [0.1, 0.15) is 157 Å². The third-order valence-corrected chi connectivity index (χ3v) is 23.4. The monoisotopic (exact) mass is 1470 g/mol. The number of rotatable bonds is 30. The van der Waals surface area contributed by atoms with Crippen molar-refractivity contribution in [1.29, 1.82) is 0 Å². The lowest BCUT2D eigenvalue weighted by Crippen LogP contribution is -2.45. The normalized spacial score (nSPS) is 21.8. The molecular weight excluding hydrogens is 1370 g/mol. The van der Waals surface area contributed by atoms with Crippen LogP contribution >= 0.6 is 23.2 Å². The lowest BCUT2D eigenvalue weighted by molar-refractivity contribution is 0.0422. The Morgan fingerprint density at radius 3 is 0.565 bits per heavy atom. The van der Waals surface area contributed by atoms with Crippen molar-refractivity contribution in [3.63, 3.8) is 0 Å². The second-order valence-electron chi connectivity index (χ2n) is 29.1. The molecule has 6 nitrogen and oxygen atoms in total. The molecular formula is C100H102Cl2O6. The van der Waals surface area contributed by atoms with Crippen LogP contribution in [0.2, 0.25) is 10.0 Å². The van der Waals surface area contributed by atoms with Crippen molar-refractivity contribution < 1.29 is 28.4 Å². The Kier molecular flexibility index (Phi) is 24.2. The van der Waals surface area contributed by atoms with Crippen molar-refractivity contribution in [2.75, 3.05) is 42.7 Å². The molecule has 108 heavy (non-hydrogen) atoms. The molecule has 13 rings (SSSR count). The van der Waals surface area contributed by atoms with E-state index in [2.05, 4.69) is 270 Å². The van der Waals surface area contributed by atoms with Crippen LogP contribution in [0.25, 0.3) is 44.5 Å². The van der Waals surface area contributed by atoms with E-state index in [0.29, 0.717) is 10.0 Å². The quantitative estimate of drug-likeness (QED) is 0.0418. The Morgan fingerprint density at radius 1 is 0.213 bits per heavy atom. The van der Waals surface area contributed by atoms with Crippen molar-refractivity contribution in [3.8, 4) is 22.3 Å². The smallest absolute Gasteiger partial charge is 0.145 e. The molecule has 0 unspecified atom stereocenters. The fourth-order valence-electron chi connectivity index (χ4n) is 16.5. The summed E-state index contributed by atoms with van der Waals surface area (Å²) in [6.07, 6.45) is 29.4. The molecule has 0 saturated carbocycles. The molecule has 0 aromatic heterocycles. The first-order valence-electron chi connectivity index (χ1n) is 38.7. The molecule has 0 fully saturated rings. The lowest BCUT2D eigenvalue weighted by atomic mass is 9.58. The van der Waals surface area contributed by atoms with Gasteiger partial charge in [0.25, 0.3) is 0 Å². The molecule has 10 aromatic rings. The number of hydrogen-bond acceptors (Lipinski definition) is 6. The van der Waals surface area contributed by atoms with Gasteiger partial charge < -0.3 is 28.4 Å². The molecule has 3 aliphatic carbocycles. The predicted molar refractivity (Wildman–Crippen MR) is 449 cm³/mol. The zero-order valence-corrected chi connectivity index (χ0v) is 65.9. The fourth-order valence-corrected chi connectivity index (χ4v) is 16.8. The van der Waals surface area contributed by atoms with Gasteiger partial charge >= 0.3 is 0 Å². The summed E-state index contributed by atoms with van der Waals surface area (Å²) in [7, 11) is 10.8. The Morgan fingerprint density at radius 2 is 0.389 bits per heavy atom. The van der Waals surface area contributed by atoms with Gasteiger partial charge in [-0.2, -0.15) is 0 Å². The highest BCUT2D eigenvalue weighted by Crippen LogP contribution is 2.66. The first kappa shape index (κ1) is 77.1. The molecule has 0 radical (unpaired) electrons. The van der Waals surface area contributed by atoms with Crippen LogP contribution in [-0.4, -0.2) is 42.7 Å². The largest absolute Gasteiger partial charge is 0.365 e. The minimum atomic E-state index is -1.30. The standard InChI is InChI=1S/C100H102Cl2O6/c1-11-15-19-71-23-31-79(32-24-71)91-92(80-33-25-72(26-34-80)20-16-12-2)100(108-10,88-53-45-78(46-54-88)76-41-49-84(50-42-76)96(104-6)65-69-98(106-8,70-66-96)86-57-61-90(102)62-58-86)94(82-37-29-74(30-38-82)22-18-14-4)93(81-35-27-73(28-36-81)21-17-13-3)99(91,107-9)87-51-43-77(44-52-87)75-39-47-83(48-40-75)95(103-5)63-67-97(105-7,68-64-95)85-55-59-89(101)60-56-85/h23-70H,11-22H2,1-10H3. The van der Waals surface area contributed by atoms with Gasteiger partial charge in [0.1, 0.15) is 33.6 Å². The molecule has 0 N–H and O–H groups in total.